The Hall–Kier alpha value is -2.30. The molecule has 24 heavy (non-hydrogen) atoms. The maximum Gasteiger partial charge on any atom is 0.226 e. The maximum atomic E-state index is 5.59. The average Bonchev–Trinajstić information content (AvgIpc) is 3.08. The lowest BCUT2D eigenvalue weighted by Crippen LogP contribution is -2.46. The topological polar surface area (TPSA) is 53.7 Å². The number of hydrogen-bond donors (Lipinski definition) is 1. The standard InChI is InChI=1S/C19H26N4O/c1-3-20-19(23-11-7-8-15(2)13-23)21-12-17-14-24-18(22-17)16-9-5-4-6-10-16/h4-6,9-10,14-15H,3,7-8,11-13H2,1-2H3,(H,20,21). The van der Waals surface area contributed by atoms with E-state index in [2.05, 4.69) is 29.0 Å². The monoisotopic (exact) mass is 326 g/mol. The molecule has 0 amide bonds. The predicted molar refractivity (Wildman–Crippen MR) is 96.7 cm³/mol. The third-order valence-corrected chi connectivity index (χ3v) is 4.25. The summed E-state index contributed by atoms with van der Waals surface area (Å²) >= 11 is 0. The van der Waals surface area contributed by atoms with Crippen LogP contribution >= 0.6 is 0 Å². The van der Waals surface area contributed by atoms with Crippen molar-refractivity contribution in [3.8, 4) is 11.5 Å². The van der Waals surface area contributed by atoms with E-state index in [0.717, 1.165) is 42.8 Å². The van der Waals surface area contributed by atoms with Gasteiger partial charge in [-0.3, -0.25) is 0 Å². The fourth-order valence-electron chi connectivity index (χ4n) is 3.06. The lowest BCUT2D eigenvalue weighted by Gasteiger charge is -2.33. The van der Waals surface area contributed by atoms with Gasteiger partial charge in [0.15, 0.2) is 5.96 Å². The first kappa shape index (κ1) is 16.6. The molecule has 128 valence electrons. The van der Waals surface area contributed by atoms with Gasteiger partial charge in [0.05, 0.1) is 6.54 Å². The van der Waals surface area contributed by atoms with Gasteiger partial charge in [0, 0.05) is 25.2 Å². The van der Waals surface area contributed by atoms with E-state index in [4.69, 9.17) is 9.41 Å². The van der Waals surface area contributed by atoms with E-state index in [9.17, 15) is 0 Å². The van der Waals surface area contributed by atoms with Crippen LogP contribution in [0.25, 0.3) is 11.5 Å². The quantitative estimate of drug-likeness (QED) is 0.690. The molecule has 1 aromatic heterocycles. The van der Waals surface area contributed by atoms with E-state index in [0.29, 0.717) is 12.4 Å². The molecular formula is C19H26N4O. The van der Waals surface area contributed by atoms with Crippen LogP contribution in [0.15, 0.2) is 46.0 Å². The number of aromatic nitrogens is 1. The fourth-order valence-corrected chi connectivity index (χ4v) is 3.06. The molecule has 1 aliphatic rings. The molecule has 5 nitrogen and oxygen atoms in total. The van der Waals surface area contributed by atoms with E-state index in [1.165, 1.54) is 12.8 Å². The van der Waals surface area contributed by atoms with E-state index >= 15 is 0 Å². The van der Waals surface area contributed by atoms with Crippen molar-refractivity contribution in [2.45, 2.75) is 33.2 Å². The molecule has 1 unspecified atom stereocenters. The van der Waals surface area contributed by atoms with Crippen LogP contribution < -0.4 is 5.32 Å². The summed E-state index contributed by atoms with van der Waals surface area (Å²) in [6, 6.07) is 9.95. The lowest BCUT2D eigenvalue weighted by atomic mass is 10.0. The molecule has 1 aliphatic heterocycles. The van der Waals surface area contributed by atoms with Gasteiger partial charge in [0.1, 0.15) is 12.0 Å². The number of likely N-dealkylation sites (tertiary alicyclic amines) is 1. The van der Waals surface area contributed by atoms with Gasteiger partial charge < -0.3 is 14.6 Å². The molecule has 1 fully saturated rings. The van der Waals surface area contributed by atoms with Crippen LogP contribution in [-0.4, -0.2) is 35.5 Å². The molecule has 0 radical (unpaired) electrons. The molecule has 0 bridgehead atoms. The zero-order valence-corrected chi connectivity index (χ0v) is 14.5. The molecule has 5 heteroatoms. The summed E-state index contributed by atoms with van der Waals surface area (Å²) in [5.74, 6) is 2.35. The number of rotatable bonds is 4. The van der Waals surface area contributed by atoms with E-state index < -0.39 is 0 Å². The van der Waals surface area contributed by atoms with E-state index in [1.807, 2.05) is 30.3 Å². The first-order chi connectivity index (χ1) is 11.8. The maximum absolute atomic E-state index is 5.59. The predicted octanol–water partition coefficient (Wildman–Crippen LogP) is 3.54. The highest BCUT2D eigenvalue weighted by Crippen LogP contribution is 2.19. The highest BCUT2D eigenvalue weighted by molar-refractivity contribution is 5.80. The third-order valence-electron chi connectivity index (χ3n) is 4.25. The molecule has 1 aromatic carbocycles. The van der Waals surface area contributed by atoms with Gasteiger partial charge in [0.25, 0.3) is 0 Å². The van der Waals surface area contributed by atoms with Crippen LogP contribution in [0.5, 0.6) is 0 Å². The number of aliphatic imine (C=N–C) groups is 1. The molecule has 1 N–H and O–H groups in total. The minimum atomic E-state index is 0.531. The van der Waals surface area contributed by atoms with Crippen LogP contribution in [0, 0.1) is 5.92 Å². The SMILES string of the molecule is CCNC(=NCc1coc(-c2ccccc2)n1)N1CCCC(C)C1. The van der Waals surface area contributed by atoms with Crippen molar-refractivity contribution in [1.29, 1.82) is 0 Å². The number of nitrogens with one attached hydrogen (secondary N) is 1. The Bertz CT molecular complexity index is 665. The minimum Gasteiger partial charge on any atom is -0.444 e. The van der Waals surface area contributed by atoms with Gasteiger partial charge >= 0.3 is 0 Å². The van der Waals surface area contributed by atoms with Crippen molar-refractivity contribution >= 4 is 5.96 Å². The van der Waals surface area contributed by atoms with Crippen molar-refractivity contribution in [2.24, 2.45) is 10.9 Å². The zero-order valence-electron chi connectivity index (χ0n) is 14.5. The molecule has 1 saturated heterocycles. The number of oxazole rings is 1. The fraction of sp³-hybridized carbons (Fsp3) is 0.474. The molecule has 0 aliphatic carbocycles. The molecule has 1 atom stereocenters. The van der Waals surface area contributed by atoms with Crippen molar-refractivity contribution in [2.75, 3.05) is 19.6 Å². The van der Waals surface area contributed by atoms with Gasteiger partial charge in [-0.25, -0.2) is 9.98 Å². The number of guanidine groups is 1. The second-order valence-electron chi connectivity index (χ2n) is 6.37. The van der Waals surface area contributed by atoms with Crippen LogP contribution in [-0.2, 0) is 6.54 Å². The first-order valence-corrected chi connectivity index (χ1v) is 8.79. The normalized spacial score (nSPS) is 18.7. The van der Waals surface area contributed by atoms with Gasteiger partial charge in [-0.1, -0.05) is 25.1 Å². The van der Waals surface area contributed by atoms with Crippen molar-refractivity contribution in [3.63, 3.8) is 0 Å². The number of nitrogens with zero attached hydrogens (tertiary/aromatic N) is 3. The van der Waals surface area contributed by atoms with Gasteiger partial charge in [-0.05, 0) is 37.8 Å². The summed E-state index contributed by atoms with van der Waals surface area (Å²) in [7, 11) is 0. The lowest BCUT2D eigenvalue weighted by molar-refractivity contribution is 0.266. The molecule has 0 saturated carbocycles. The Morgan fingerprint density at radius 1 is 1.38 bits per heavy atom. The summed E-state index contributed by atoms with van der Waals surface area (Å²) in [5.41, 5.74) is 1.85. The Morgan fingerprint density at radius 3 is 2.96 bits per heavy atom. The van der Waals surface area contributed by atoms with Crippen LogP contribution in [0.4, 0.5) is 0 Å². The summed E-state index contributed by atoms with van der Waals surface area (Å²) < 4.78 is 5.59. The zero-order chi connectivity index (χ0) is 16.8. The molecular weight excluding hydrogens is 300 g/mol. The Balaban J connectivity index is 1.69. The van der Waals surface area contributed by atoms with E-state index in [1.54, 1.807) is 6.26 Å². The molecule has 2 aromatic rings. The van der Waals surface area contributed by atoms with Gasteiger partial charge in [-0.15, -0.1) is 0 Å². The third kappa shape index (κ3) is 4.16. The Labute approximate surface area is 143 Å². The second kappa shape index (κ2) is 7.99. The molecule has 2 heterocycles. The summed E-state index contributed by atoms with van der Waals surface area (Å²) in [6.45, 7) is 7.96. The highest BCUT2D eigenvalue weighted by atomic mass is 16.3. The Kier molecular flexibility index (Phi) is 5.51. The second-order valence-corrected chi connectivity index (χ2v) is 6.37. The smallest absolute Gasteiger partial charge is 0.226 e. The van der Waals surface area contributed by atoms with Gasteiger partial charge in [0.2, 0.25) is 5.89 Å². The van der Waals surface area contributed by atoms with Crippen molar-refractivity contribution < 1.29 is 4.42 Å². The number of benzene rings is 1. The van der Waals surface area contributed by atoms with Crippen molar-refractivity contribution in [3.05, 3.63) is 42.3 Å². The summed E-state index contributed by atoms with van der Waals surface area (Å²) in [6.07, 6.45) is 4.24. The number of hydrogen-bond acceptors (Lipinski definition) is 3. The number of piperidine rings is 1. The molecule has 3 rings (SSSR count). The Morgan fingerprint density at radius 2 is 2.21 bits per heavy atom. The van der Waals surface area contributed by atoms with Gasteiger partial charge in [-0.2, -0.15) is 0 Å². The largest absolute Gasteiger partial charge is 0.444 e. The average molecular weight is 326 g/mol. The van der Waals surface area contributed by atoms with Crippen molar-refractivity contribution in [1.82, 2.24) is 15.2 Å². The summed E-state index contributed by atoms with van der Waals surface area (Å²) in [4.78, 5) is 11.7. The first-order valence-electron chi connectivity index (χ1n) is 8.79. The van der Waals surface area contributed by atoms with Crippen LogP contribution in [0.3, 0.4) is 0 Å². The van der Waals surface area contributed by atoms with Crippen LogP contribution in [0.1, 0.15) is 32.4 Å². The highest BCUT2D eigenvalue weighted by Gasteiger charge is 2.19. The summed E-state index contributed by atoms with van der Waals surface area (Å²) in [5, 5.41) is 3.40. The van der Waals surface area contributed by atoms with E-state index in [-0.39, 0.29) is 0 Å². The minimum absolute atomic E-state index is 0.531. The van der Waals surface area contributed by atoms with Crippen LogP contribution in [0.2, 0.25) is 0 Å². The molecule has 0 spiro atoms.